The highest BCUT2D eigenvalue weighted by Gasteiger charge is 2.36. The van der Waals surface area contributed by atoms with Crippen LogP contribution in [0.25, 0.3) is 0 Å². The summed E-state index contributed by atoms with van der Waals surface area (Å²) in [4.78, 5) is 22.5. The van der Waals surface area contributed by atoms with E-state index in [0.717, 1.165) is 17.0 Å². The van der Waals surface area contributed by atoms with Crippen LogP contribution in [0.4, 0.5) is 0 Å². The maximum Gasteiger partial charge on any atom is 0.226 e. The molecular formula is C18H21N3O3S. The van der Waals surface area contributed by atoms with Crippen molar-refractivity contribution < 1.29 is 13.2 Å². The van der Waals surface area contributed by atoms with Gasteiger partial charge < -0.3 is 9.88 Å². The summed E-state index contributed by atoms with van der Waals surface area (Å²) in [5.41, 5.74) is 3.11. The van der Waals surface area contributed by atoms with Gasteiger partial charge in [0.15, 0.2) is 0 Å². The molecule has 1 aromatic carbocycles. The van der Waals surface area contributed by atoms with E-state index in [9.17, 15) is 13.2 Å². The molecule has 3 heterocycles. The zero-order valence-corrected chi connectivity index (χ0v) is 14.7. The number of sulfone groups is 1. The van der Waals surface area contributed by atoms with Gasteiger partial charge in [0.2, 0.25) is 5.91 Å². The van der Waals surface area contributed by atoms with Gasteiger partial charge in [0.25, 0.3) is 0 Å². The Labute approximate surface area is 147 Å². The molecule has 1 amide bonds. The van der Waals surface area contributed by atoms with E-state index in [0.29, 0.717) is 25.9 Å². The SMILES string of the molecule is O=C(C1CCS(=O)(=O)CC1)N1Cc2[nH]cnc2C(c2ccccc2)C1. The summed E-state index contributed by atoms with van der Waals surface area (Å²) >= 11 is 0. The van der Waals surface area contributed by atoms with Gasteiger partial charge >= 0.3 is 0 Å². The predicted octanol–water partition coefficient (Wildman–Crippen LogP) is 1.71. The van der Waals surface area contributed by atoms with E-state index in [2.05, 4.69) is 22.1 Å². The summed E-state index contributed by atoms with van der Waals surface area (Å²) in [5, 5.41) is 0. The average Bonchev–Trinajstić information content (AvgIpc) is 3.09. The molecule has 0 spiro atoms. The quantitative estimate of drug-likeness (QED) is 0.885. The van der Waals surface area contributed by atoms with Gasteiger partial charge in [-0.2, -0.15) is 0 Å². The van der Waals surface area contributed by atoms with Crippen LogP contribution >= 0.6 is 0 Å². The largest absolute Gasteiger partial charge is 0.347 e. The van der Waals surface area contributed by atoms with Crippen molar-refractivity contribution in [2.75, 3.05) is 18.1 Å². The molecule has 0 radical (unpaired) electrons. The second-order valence-corrected chi connectivity index (χ2v) is 9.18. The summed E-state index contributed by atoms with van der Waals surface area (Å²) in [6.07, 6.45) is 2.55. The van der Waals surface area contributed by atoms with Gasteiger partial charge in [0.1, 0.15) is 9.84 Å². The summed E-state index contributed by atoms with van der Waals surface area (Å²) in [7, 11) is -2.96. The Bertz CT molecular complexity index is 862. The minimum Gasteiger partial charge on any atom is -0.347 e. The van der Waals surface area contributed by atoms with Crippen molar-refractivity contribution in [3.05, 3.63) is 53.6 Å². The Hall–Kier alpha value is -2.15. The topological polar surface area (TPSA) is 83.1 Å². The number of hydrogen-bond acceptors (Lipinski definition) is 4. The number of rotatable bonds is 2. The third-order valence-electron chi connectivity index (χ3n) is 5.25. The van der Waals surface area contributed by atoms with Crippen LogP contribution in [0.1, 0.15) is 35.7 Å². The lowest BCUT2D eigenvalue weighted by Crippen LogP contribution is -2.43. The van der Waals surface area contributed by atoms with Crippen molar-refractivity contribution in [1.29, 1.82) is 0 Å². The van der Waals surface area contributed by atoms with E-state index in [1.165, 1.54) is 0 Å². The standard InChI is InChI=1S/C18H21N3O3S/c22-18(14-6-8-25(23,24)9-7-14)21-10-15(13-4-2-1-3-5-13)17-16(11-21)19-12-20-17/h1-5,12,14-15H,6-11H2,(H,19,20). The zero-order valence-electron chi connectivity index (χ0n) is 13.9. The maximum atomic E-state index is 13.0. The second-order valence-electron chi connectivity index (χ2n) is 6.87. The molecular weight excluding hydrogens is 338 g/mol. The average molecular weight is 359 g/mol. The lowest BCUT2D eigenvalue weighted by atomic mass is 9.89. The summed E-state index contributed by atoms with van der Waals surface area (Å²) < 4.78 is 23.2. The van der Waals surface area contributed by atoms with Crippen molar-refractivity contribution in [1.82, 2.24) is 14.9 Å². The van der Waals surface area contributed by atoms with Gasteiger partial charge in [0, 0.05) is 18.4 Å². The molecule has 4 rings (SSSR count). The van der Waals surface area contributed by atoms with E-state index < -0.39 is 9.84 Å². The summed E-state index contributed by atoms with van der Waals surface area (Å²) in [6.45, 7) is 1.10. The van der Waals surface area contributed by atoms with Gasteiger partial charge in [0.05, 0.1) is 35.8 Å². The Balaban J connectivity index is 1.57. The van der Waals surface area contributed by atoms with Gasteiger partial charge in [-0.05, 0) is 18.4 Å². The summed E-state index contributed by atoms with van der Waals surface area (Å²) in [5.74, 6) is 0.163. The Morgan fingerprint density at radius 2 is 1.88 bits per heavy atom. The third kappa shape index (κ3) is 3.20. The van der Waals surface area contributed by atoms with E-state index in [1.807, 2.05) is 23.1 Å². The number of fused-ring (bicyclic) bond motifs is 1. The minimum atomic E-state index is -2.96. The number of amides is 1. The highest BCUT2D eigenvalue weighted by Crippen LogP contribution is 2.33. The zero-order chi connectivity index (χ0) is 17.4. The van der Waals surface area contributed by atoms with Crippen LogP contribution in [-0.4, -0.2) is 47.2 Å². The van der Waals surface area contributed by atoms with Crippen molar-refractivity contribution >= 4 is 15.7 Å². The van der Waals surface area contributed by atoms with Crippen LogP contribution < -0.4 is 0 Å². The Morgan fingerprint density at radius 1 is 1.16 bits per heavy atom. The normalized spacial score (nSPS) is 23.2. The number of nitrogens with one attached hydrogen (secondary N) is 1. The fourth-order valence-electron chi connectivity index (χ4n) is 3.83. The van der Waals surface area contributed by atoms with Crippen molar-refractivity contribution in [3.63, 3.8) is 0 Å². The number of carbonyl (C=O) groups is 1. The fourth-order valence-corrected chi connectivity index (χ4v) is 5.32. The number of aromatic nitrogens is 2. The molecule has 7 heteroatoms. The van der Waals surface area contributed by atoms with Crippen molar-refractivity contribution in [2.45, 2.75) is 25.3 Å². The first-order valence-electron chi connectivity index (χ1n) is 8.60. The van der Waals surface area contributed by atoms with E-state index >= 15 is 0 Å². The molecule has 6 nitrogen and oxygen atoms in total. The number of hydrogen-bond donors (Lipinski definition) is 1. The second kappa shape index (κ2) is 6.29. The van der Waals surface area contributed by atoms with Gasteiger partial charge in [-0.1, -0.05) is 30.3 Å². The number of nitrogens with zero attached hydrogens (tertiary/aromatic N) is 2. The molecule has 1 unspecified atom stereocenters. The predicted molar refractivity (Wildman–Crippen MR) is 93.7 cm³/mol. The molecule has 2 aliphatic heterocycles. The molecule has 1 atom stereocenters. The molecule has 0 saturated carbocycles. The maximum absolute atomic E-state index is 13.0. The van der Waals surface area contributed by atoms with Gasteiger partial charge in [-0.15, -0.1) is 0 Å². The van der Waals surface area contributed by atoms with Crippen LogP contribution in [0.2, 0.25) is 0 Å². The lowest BCUT2D eigenvalue weighted by molar-refractivity contribution is -0.137. The van der Waals surface area contributed by atoms with E-state index in [1.54, 1.807) is 6.33 Å². The van der Waals surface area contributed by atoms with Crippen LogP contribution in [0.5, 0.6) is 0 Å². The molecule has 1 saturated heterocycles. The van der Waals surface area contributed by atoms with Gasteiger partial charge in [-0.25, -0.2) is 13.4 Å². The molecule has 0 bridgehead atoms. The van der Waals surface area contributed by atoms with Crippen molar-refractivity contribution in [2.24, 2.45) is 5.92 Å². The number of imidazole rings is 1. The molecule has 1 N–H and O–H groups in total. The van der Waals surface area contributed by atoms with Crippen LogP contribution in [-0.2, 0) is 21.2 Å². The van der Waals surface area contributed by atoms with E-state index in [-0.39, 0.29) is 29.2 Å². The minimum absolute atomic E-state index is 0.0486. The van der Waals surface area contributed by atoms with Gasteiger partial charge in [-0.3, -0.25) is 4.79 Å². The molecule has 0 aliphatic carbocycles. The fraction of sp³-hybridized carbons (Fsp3) is 0.444. The molecule has 132 valence electrons. The van der Waals surface area contributed by atoms with Crippen molar-refractivity contribution in [3.8, 4) is 0 Å². The van der Waals surface area contributed by atoms with E-state index in [4.69, 9.17) is 0 Å². The number of benzene rings is 1. The summed E-state index contributed by atoms with van der Waals surface area (Å²) in [6, 6.07) is 10.1. The smallest absolute Gasteiger partial charge is 0.226 e. The van der Waals surface area contributed by atoms with Crippen LogP contribution in [0.15, 0.2) is 36.7 Å². The number of carbonyl (C=O) groups excluding carboxylic acids is 1. The third-order valence-corrected chi connectivity index (χ3v) is 6.97. The Kier molecular flexibility index (Phi) is 4.11. The highest BCUT2D eigenvalue weighted by molar-refractivity contribution is 7.91. The molecule has 2 aliphatic rings. The van der Waals surface area contributed by atoms with Crippen LogP contribution in [0, 0.1) is 5.92 Å². The first-order chi connectivity index (χ1) is 12.0. The Morgan fingerprint density at radius 3 is 2.60 bits per heavy atom. The molecule has 25 heavy (non-hydrogen) atoms. The monoisotopic (exact) mass is 359 g/mol. The molecule has 1 aromatic heterocycles. The number of H-pyrrole nitrogens is 1. The first kappa shape index (κ1) is 16.3. The number of aromatic amines is 1. The van der Waals surface area contributed by atoms with Crippen LogP contribution in [0.3, 0.4) is 0 Å². The first-order valence-corrected chi connectivity index (χ1v) is 10.4. The molecule has 2 aromatic rings. The highest BCUT2D eigenvalue weighted by atomic mass is 32.2. The molecule has 1 fully saturated rings. The lowest BCUT2D eigenvalue weighted by Gasteiger charge is -2.35.